The predicted octanol–water partition coefficient (Wildman–Crippen LogP) is 3.68. The van der Waals surface area contributed by atoms with E-state index in [0.29, 0.717) is 24.8 Å². The molecule has 2 aliphatic heterocycles. The monoisotopic (exact) mass is 358 g/mol. The van der Waals surface area contributed by atoms with Gasteiger partial charge < -0.3 is 19.7 Å². The second kappa shape index (κ2) is 7.40. The molecule has 1 saturated heterocycles. The number of fused-ring (bicyclic) bond motifs is 1. The maximum atomic E-state index is 12.1. The predicted molar refractivity (Wildman–Crippen MR) is 100 cm³/mol. The molecule has 2 aliphatic rings. The Balaban J connectivity index is 1.53. The van der Waals surface area contributed by atoms with Gasteiger partial charge in [-0.1, -0.05) is 18.2 Å². The van der Waals surface area contributed by atoms with E-state index in [4.69, 9.17) is 9.47 Å². The van der Waals surface area contributed by atoms with Crippen molar-refractivity contribution in [2.24, 2.45) is 5.92 Å². The molecule has 0 aromatic heterocycles. The summed E-state index contributed by atoms with van der Waals surface area (Å²) in [5.41, 5.74) is 1.44. The average Bonchev–Trinajstić information content (AvgIpc) is 2.59. The summed E-state index contributed by atoms with van der Waals surface area (Å²) in [6, 6.07) is 5.73. The van der Waals surface area contributed by atoms with Crippen molar-refractivity contribution in [1.29, 1.82) is 0 Å². The van der Waals surface area contributed by atoms with Crippen molar-refractivity contribution in [3.63, 3.8) is 0 Å². The number of ether oxygens (including phenoxy) is 2. The number of esters is 1. The summed E-state index contributed by atoms with van der Waals surface area (Å²) < 4.78 is 10.6. The summed E-state index contributed by atoms with van der Waals surface area (Å²) in [6.07, 6.45) is 5.91. The Kier molecular flexibility index (Phi) is 5.20. The van der Waals surface area contributed by atoms with Crippen molar-refractivity contribution in [2.45, 2.75) is 39.2 Å². The van der Waals surface area contributed by atoms with Gasteiger partial charge in [-0.2, -0.15) is 0 Å². The molecule has 0 radical (unpaired) electrons. The first-order valence-electron chi connectivity index (χ1n) is 9.05. The topological polar surface area (TPSA) is 67.9 Å². The number of nitrogens with one attached hydrogen (secondary N) is 1. The van der Waals surface area contributed by atoms with Crippen LogP contribution in [0.3, 0.4) is 0 Å². The third-order valence-electron chi connectivity index (χ3n) is 4.40. The highest BCUT2D eigenvalue weighted by Crippen LogP contribution is 2.29. The fourth-order valence-corrected chi connectivity index (χ4v) is 3.05. The van der Waals surface area contributed by atoms with Crippen LogP contribution in [0.25, 0.3) is 6.08 Å². The lowest BCUT2D eigenvalue weighted by atomic mass is 9.96. The highest BCUT2D eigenvalue weighted by Gasteiger charge is 2.26. The van der Waals surface area contributed by atoms with E-state index < -0.39 is 5.60 Å². The summed E-state index contributed by atoms with van der Waals surface area (Å²) in [5.74, 6) is 0.747. The van der Waals surface area contributed by atoms with Crippen LogP contribution < -0.4 is 10.1 Å². The van der Waals surface area contributed by atoms with Crippen LogP contribution in [0.5, 0.6) is 5.75 Å². The molecular formula is C20H26N2O4. The van der Waals surface area contributed by atoms with Gasteiger partial charge in [0.15, 0.2) is 5.75 Å². The summed E-state index contributed by atoms with van der Waals surface area (Å²) in [6.45, 7) is 7.28. The zero-order valence-electron chi connectivity index (χ0n) is 15.6. The number of benzene rings is 1. The van der Waals surface area contributed by atoms with Crippen LogP contribution in [0.2, 0.25) is 0 Å². The van der Waals surface area contributed by atoms with Crippen molar-refractivity contribution in [1.82, 2.24) is 4.90 Å². The standard InChI is InChI=1S/C20H26N2O4/c1-20(2,3)26-19(24)22-10-8-14(9-11-22)4-5-15-6-7-17-16(12-15)21-13-18(23)25-17/h4-7,12,14,21H,8-11,13H2,1-3H3/b5-4+. The van der Waals surface area contributed by atoms with Crippen molar-refractivity contribution < 1.29 is 19.1 Å². The molecule has 0 atom stereocenters. The van der Waals surface area contributed by atoms with Crippen molar-refractivity contribution in [3.05, 3.63) is 29.8 Å². The number of rotatable bonds is 2. The number of hydrogen-bond acceptors (Lipinski definition) is 5. The third-order valence-corrected chi connectivity index (χ3v) is 4.40. The number of nitrogens with zero attached hydrogens (tertiary/aromatic N) is 1. The van der Waals surface area contributed by atoms with Gasteiger partial charge in [-0.05, 0) is 57.2 Å². The van der Waals surface area contributed by atoms with Gasteiger partial charge >= 0.3 is 12.1 Å². The quantitative estimate of drug-likeness (QED) is 0.645. The Labute approximate surface area is 154 Å². The van der Waals surface area contributed by atoms with E-state index in [1.54, 1.807) is 4.90 Å². The minimum Gasteiger partial charge on any atom is -0.444 e. The molecule has 1 N–H and O–H groups in total. The van der Waals surface area contributed by atoms with Crippen LogP contribution in [0.1, 0.15) is 39.2 Å². The van der Waals surface area contributed by atoms with Crippen LogP contribution >= 0.6 is 0 Å². The maximum absolute atomic E-state index is 12.1. The third kappa shape index (κ3) is 4.77. The van der Waals surface area contributed by atoms with Crippen molar-refractivity contribution in [3.8, 4) is 5.75 Å². The van der Waals surface area contributed by atoms with Crippen LogP contribution in [-0.4, -0.2) is 42.2 Å². The van der Waals surface area contributed by atoms with Crippen LogP contribution in [-0.2, 0) is 9.53 Å². The number of carbonyl (C=O) groups is 2. The molecule has 140 valence electrons. The van der Waals surface area contributed by atoms with Crippen LogP contribution in [0.15, 0.2) is 24.3 Å². The molecule has 0 spiro atoms. The fourth-order valence-electron chi connectivity index (χ4n) is 3.05. The number of likely N-dealkylation sites (tertiary alicyclic amines) is 1. The van der Waals surface area contributed by atoms with E-state index in [9.17, 15) is 9.59 Å². The minimum absolute atomic E-state index is 0.198. The highest BCUT2D eigenvalue weighted by atomic mass is 16.6. The molecule has 3 rings (SSSR count). The van der Waals surface area contributed by atoms with Gasteiger partial charge in [0.2, 0.25) is 0 Å². The van der Waals surface area contributed by atoms with Crippen LogP contribution in [0, 0.1) is 5.92 Å². The van der Waals surface area contributed by atoms with Gasteiger partial charge in [-0.15, -0.1) is 0 Å². The second-order valence-electron chi connectivity index (χ2n) is 7.75. The molecule has 1 aromatic rings. The lowest BCUT2D eigenvalue weighted by molar-refractivity contribution is -0.132. The molecule has 0 aliphatic carbocycles. The van der Waals surface area contributed by atoms with E-state index in [0.717, 1.165) is 24.1 Å². The van der Waals surface area contributed by atoms with E-state index in [-0.39, 0.29) is 18.6 Å². The van der Waals surface area contributed by atoms with Crippen molar-refractivity contribution >= 4 is 23.8 Å². The van der Waals surface area contributed by atoms with E-state index in [2.05, 4.69) is 17.5 Å². The zero-order chi connectivity index (χ0) is 18.7. The number of hydrogen-bond donors (Lipinski definition) is 1. The Morgan fingerprint density at radius 1 is 1.31 bits per heavy atom. The second-order valence-corrected chi connectivity index (χ2v) is 7.75. The lowest BCUT2D eigenvalue weighted by Gasteiger charge is -2.32. The molecule has 6 heteroatoms. The SMILES string of the molecule is CC(C)(C)OC(=O)N1CCC(/C=C/c2ccc3c(c2)NCC(=O)O3)CC1. The first-order valence-corrected chi connectivity index (χ1v) is 9.05. The fraction of sp³-hybridized carbons (Fsp3) is 0.500. The zero-order valence-corrected chi connectivity index (χ0v) is 15.6. The molecule has 0 bridgehead atoms. The van der Waals surface area contributed by atoms with Crippen molar-refractivity contribution in [2.75, 3.05) is 25.0 Å². The molecule has 0 unspecified atom stereocenters. The highest BCUT2D eigenvalue weighted by molar-refractivity contribution is 5.84. The number of amides is 1. The smallest absolute Gasteiger partial charge is 0.410 e. The summed E-state index contributed by atoms with van der Waals surface area (Å²) in [5, 5.41) is 3.06. The number of piperidine rings is 1. The molecule has 1 amide bonds. The largest absolute Gasteiger partial charge is 0.444 e. The maximum Gasteiger partial charge on any atom is 0.410 e. The Hall–Kier alpha value is -2.50. The number of carbonyl (C=O) groups excluding carboxylic acids is 2. The molecule has 26 heavy (non-hydrogen) atoms. The Bertz CT molecular complexity index is 713. The number of anilines is 1. The normalized spacial score (nSPS) is 18.3. The molecular weight excluding hydrogens is 332 g/mol. The molecule has 1 aromatic carbocycles. The molecule has 1 fully saturated rings. The first kappa shape index (κ1) is 18.3. The Morgan fingerprint density at radius 3 is 2.73 bits per heavy atom. The van der Waals surface area contributed by atoms with E-state index >= 15 is 0 Å². The minimum atomic E-state index is -0.456. The van der Waals surface area contributed by atoms with E-state index in [1.807, 2.05) is 39.0 Å². The summed E-state index contributed by atoms with van der Waals surface area (Å²) in [4.78, 5) is 25.1. The van der Waals surface area contributed by atoms with E-state index in [1.165, 1.54) is 0 Å². The van der Waals surface area contributed by atoms with Gasteiger partial charge in [-0.3, -0.25) is 0 Å². The molecule has 2 heterocycles. The number of allylic oxidation sites excluding steroid dienone is 1. The first-order chi connectivity index (χ1) is 12.3. The van der Waals surface area contributed by atoms with Gasteiger partial charge in [0.05, 0.1) is 5.69 Å². The van der Waals surface area contributed by atoms with Crippen LogP contribution in [0.4, 0.5) is 10.5 Å². The average molecular weight is 358 g/mol. The summed E-state index contributed by atoms with van der Waals surface area (Å²) in [7, 11) is 0. The lowest BCUT2D eigenvalue weighted by Crippen LogP contribution is -2.41. The van der Waals surface area contributed by atoms with Gasteiger partial charge in [0.1, 0.15) is 12.1 Å². The van der Waals surface area contributed by atoms with Gasteiger partial charge in [0.25, 0.3) is 0 Å². The Morgan fingerprint density at radius 2 is 2.04 bits per heavy atom. The van der Waals surface area contributed by atoms with Gasteiger partial charge in [0, 0.05) is 13.1 Å². The summed E-state index contributed by atoms with van der Waals surface area (Å²) >= 11 is 0. The molecule has 6 nitrogen and oxygen atoms in total. The molecule has 0 saturated carbocycles. The van der Waals surface area contributed by atoms with Gasteiger partial charge in [-0.25, -0.2) is 9.59 Å².